The molecule has 1 heterocycles. The molecule has 3 nitrogen and oxygen atoms in total. The molecule has 1 aliphatic heterocycles. The molecule has 0 aromatic rings. The molecule has 2 rings (SSSR count). The van der Waals surface area contributed by atoms with Gasteiger partial charge < -0.3 is 10.1 Å². The quantitative estimate of drug-likeness (QED) is 0.818. The van der Waals surface area contributed by atoms with Crippen LogP contribution in [0.15, 0.2) is 0 Å². The van der Waals surface area contributed by atoms with Crippen molar-refractivity contribution >= 4 is 10.8 Å². The van der Waals surface area contributed by atoms with Crippen molar-refractivity contribution in [1.29, 1.82) is 0 Å². The molecular weight excluding hydrogens is 222 g/mol. The SMILES string of the molecule is COC1CCCC(NC2CCS(=O)CC2)C1. The highest BCUT2D eigenvalue weighted by Crippen LogP contribution is 2.22. The summed E-state index contributed by atoms with van der Waals surface area (Å²) < 4.78 is 16.7. The second kappa shape index (κ2) is 6.12. The maximum absolute atomic E-state index is 11.3. The van der Waals surface area contributed by atoms with Gasteiger partial charge in [0.25, 0.3) is 0 Å². The van der Waals surface area contributed by atoms with Crippen molar-refractivity contribution in [2.75, 3.05) is 18.6 Å². The molecule has 0 aromatic heterocycles. The first-order valence-electron chi connectivity index (χ1n) is 6.41. The first kappa shape index (κ1) is 12.5. The van der Waals surface area contributed by atoms with Crippen molar-refractivity contribution < 1.29 is 8.95 Å². The lowest BCUT2D eigenvalue weighted by Crippen LogP contribution is -2.45. The molecule has 2 atom stereocenters. The highest BCUT2D eigenvalue weighted by atomic mass is 32.2. The van der Waals surface area contributed by atoms with E-state index >= 15 is 0 Å². The Bertz CT molecular complexity index is 237. The first-order chi connectivity index (χ1) is 7.78. The maximum Gasteiger partial charge on any atom is 0.0586 e. The van der Waals surface area contributed by atoms with Gasteiger partial charge in [0.15, 0.2) is 0 Å². The van der Waals surface area contributed by atoms with Crippen LogP contribution in [-0.4, -0.2) is 41.0 Å². The monoisotopic (exact) mass is 245 g/mol. The van der Waals surface area contributed by atoms with Crippen molar-refractivity contribution in [3.05, 3.63) is 0 Å². The van der Waals surface area contributed by atoms with E-state index in [1.54, 1.807) is 0 Å². The Morgan fingerprint density at radius 2 is 1.88 bits per heavy atom. The van der Waals surface area contributed by atoms with Gasteiger partial charge in [0.05, 0.1) is 6.10 Å². The highest BCUT2D eigenvalue weighted by Gasteiger charge is 2.25. The van der Waals surface area contributed by atoms with Gasteiger partial charge in [-0.15, -0.1) is 0 Å². The molecule has 1 saturated carbocycles. The Morgan fingerprint density at radius 3 is 2.56 bits per heavy atom. The Hall–Kier alpha value is 0.0700. The molecule has 94 valence electrons. The predicted molar refractivity (Wildman–Crippen MR) is 67.1 cm³/mol. The first-order valence-corrected chi connectivity index (χ1v) is 7.90. The summed E-state index contributed by atoms with van der Waals surface area (Å²) in [5.74, 6) is 1.77. The molecule has 0 bridgehead atoms. The third kappa shape index (κ3) is 3.54. The van der Waals surface area contributed by atoms with Gasteiger partial charge >= 0.3 is 0 Å². The lowest BCUT2D eigenvalue weighted by Gasteiger charge is -2.33. The van der Waals surface area contributed by atoms with Crippen LogP contribution in [0.5, 0.6) is 0 Å². The van der Waals surface area contributed by atoms with Gasteiger partial charge in [0, 0.05) is 41.5 Å². The van der Waals surface area contributed by atoms with E-state index in [4.69, 9.17) is 4.74 Å². The second-order valence-corrected chi connectivity index (χ2v) is 6.71. The minimum atomic E-state index is -0.541. The van der Waals surface area contributed by atoms with E-state index in [0.29, 0.717) is 18.2 Å². The zero-order valence-electron chi connectivity index (χ0n) is 10.1. The maximum atomic E-state index is 11.3. The minimum absolute atomic E-state index is 0.448. The number of hydrogen-bond donors (Lipinski definition) is 1. The van der Waals surface area contributed by atoms with E-state index in [1.165, 1.54) is 19.3 Å². The molecule has 0 aromatic carbocycles. The summed E-state index contributed by atoms with van der Waals surface area (Å²) in [6.45, 7) is 0. The van der Waals surface area contributed by atoms with Gasteiger partial charge in [-0.25, -0.2) is 0 Å². The summed E-state index contributed by atoms with van der Waals surface area (Å²) in [7, 11) is 1.28. The fourth-order valence-corrected chi connectivity index (χ4v) is 4.10. The molecule has 2 unspecified atom stereocenters. The summed E-state index contributed by atoms with van der Waals surface area (Å²) >= 11 is 0. The zero-order valence-corrected chi connectivity index (χ0v) is 10.9. The Morgan fingerprint density at radius 1 is 1.12 bits per heavy atom. The molecule has 0 spiro atoms. The van der Waals surface area contributed by atoms with Crippen molar-refractivity contribution in [2.24, 2.45) is 0 Å². The third-order valence-electron chi connectivity index (χ3n) is 3.82. The molecule has 0 radical (unpaired) electrons. The predicted octanol–water partition coefficient (Wildman–Crippen LogP) is 1.44. The fourth-order valence-electron chi connectivity index (χ4n) is 2.80. The molecule has 1 saturated heterocycles. The van der Waals surface area contributed by atoms with Crippen molar-refractivity contribution in [3.8, 4) is 0 Å². The lowest BCUT2D eigenvalue weighted by atomic mass is 9.92. The Labute approximate surface area is 101 Å². The van der Waals surface area contributed by atoms with Crippen LogP contribution in [0.4, 0.5) is 0 Å². The summed E-state index contributed by atoms with van der Waals surface area (Å²) in [5.41, 5.74) is 0. The molecule has 4 heteroatoms. The smallest absolute Gasteiger partial charge is 0.0586 e. The average Bonchev–Trinajstić information content (AvgIpc) is 2.32. The molecule has 2 aliphatic rings. The number of methoxy groups -OCH3 is 1. The zero-order chi connectivity index (χ0) is 11.4. The molecule has 16 heavy (non-hydrogen) atoms. The standard InChI is InChI=1S/C12H23NO2S/c1-15-12-4-2-3-11(9-12)13-10-5-7-16(14)8-6-10/h10-13H,2-9H2,1H3. The largest absolute Gasteiger partial charge is 0.381 e. The van der Waals surface area contributed by atoms with Gasteiger partial charge in [-0.2, -0.15) is 0 Å². The van der Waals surface area contributed by atoms with Gasteiger partial charge in [0.1, 0.15) is 0 Å². The minimum Gasteiger partial charge on any atom is -0.381 e. The summed E-state index contributed by atoms with van der Waals surface area (Å²) in [6, 6.07) is 1.22. The van der Waals surface area contributed by atoms with E-state index < -0.39 is 10.8 Å². The van der Waals surface area contributed by atoms with Crippen LogP contribution < -0.4 is 5.32 Å². The molecule has 0 amide bonds. The normalized spacial score (nSPS) is 40.8. The Balaban J connectivity index is 1.74. The van der Waals surface area contributed by atoms with Crippen LogP contribution in [0, 0.1) is 0 Å². The van der Waals surface area contributed by atoms with Gasteiger partial charge in [-0.05, 0) is 38.5 Å². The van der Waals surface area contributed by atoms with Crippen LogP contribution in [0.25, 0.3) is 0 Å². The van der Waals surface area contributed by atoms with Crippen molar-refractivity contribution in [1.82, 2.24) is 5.32 Å². The second-order valence-electron chi connectivity index (χ2n) is 5.01. The van der Waals surface area contributed by atoms with Crippen LogP contribution in [-0.2, 0) is 15.5 Å². The number of rotatable bonds is 3. The van der Waals surface area contributed by atoms with E-state index in [-0.39, 0.29) is 0 Å². The highest BCUT2D eigenvalue weighted by molar-refractivity contribution is 7.85. The lowest BCUT2D eigenvalue weighted by molar-refractivity contribution is 0.0567. The van der Waals surface area contributed by atoms with Crippen molar-refractivity contribution in [3.63, 3.8) is 0 Å². The van der Waals surface area contributed by atoms with E-state index in [1.807, 2.05) is 7.11 Å². The van der Waals surface area contributed by atoms with E-state index in [9.17, 15) is 4.21 Å². The average molecular weight is 245 g/mol. The van der Waals surface area contributed by atoms with Crippen LogP contribution >= 0.6 is 0 Å². The van der Waals surface area contributed by atoms with Gasteiger partial charge in [0.2, 0.25) is 0 Å². The van der Waals surface area contributed by atoms with Crippen molar-refractivity contribution in [2.45, 2.75) is 56.7 Å². The number of hydrogen-bond acceptors (Lipinski definition) is 3. The van der Waals surface area contributed by atoms with Crippen LogP contribution in [0.1, 0.15) is 38.5 Å². The van der Waals surface area contributed by atoms with Crippen LogP contribution in [0.3, 0.4) is 0 Å². The summed E-state index contributed by atoms with van der Waals surface area (Å²) in [6.07, 6.45) is 7.53. The number of ether oxygens (including phenoxy) is 1. The Kier molecular flexibility index (Phi) is 4.79. The molecular formula is C12H23NO2S. The number of nitrogens with one attached hydrogen (secondary N) is 1. The molecule has 1 N–H and O–H groups in total. The van der Waals surface area contributed by atoms with Gasteiger partial charge in [-0.3, -0.25) is 4.21 Å². The van der Waals surface area contributed by atoms with E-state index in [2.05, 4.69) is 5.32 Å². The van der Waals surface area contributed by atoms with E-state index in [0.717, 1.165) is 30.8 Å². The van der Waals surface area contributed by atoms with Crippen LogP contribution in [0.2, 0.25) is 0 Å². The van der Waals surface area contributed by atoms with Gasteiger partial charge in [-0.1, -0.05) is 0 Å². The molecule has 2 fully saturated rings. The summed E-state index contributed by atoms with van der Waals surface area (Å²) in [5, 5.41) is 3.73. The topological polar surface area (TPSA) is 38.3 Å². The summed E-state index contributed by atoms with van der Waals surface area (Å²) in [4.78, 5) is 0. The fraction of sp³-hybridized carbons (Fsp3) is 1.00. The third-order valence-corrected chi connectivity index (χ3v) is 5.20. The molecule has 1 aliphatic carbocycles.